The van der Waals surface area contributed by atoms with Crippen LogP contribution in [0.1, 0.15) is 38.6 Å². The molecule has 3 rings (SSSR count). The van der Waals surface area contributed by atoms with Gasteiger partial charge in [0.15, 0.2) is 12.2 Å². The maximum atomic E-state index is 12.2. The predicted molar refractivity (Wildman–Crippen MR) is 134 cm³/mol. The van der Waals surface area contributed by atoms with E-state index in [0.29, 0.717) is 11.1 Å². The summed E-state index contributed by atoms with van der Waals surface area (Å²) in [6.07, 6.45) is -8.08. The molecule has 0 bridgehead atoms. The Morgan fingerprint density at radius 3 is 2.05 bits per heavy atom. The van der Waals surface area contributed by atoms with Gasteiger partial charge in [-0.1, -0.05) is 29.8 Å². The van der Waals surface area contributed by atoms with Gasteiger partial charge in [-0.2, -0.15) is 5.26 Å². The van der Waals surface area contributed by atoms with Crippen molar-refractivity contribution in [2.45, 2.75) is 58.3 Å². The summed E-state index contributed by atoms with van der Waals surface area (Å²) in [6, 6.07) is 13.4. The van der Waals surface area contributed by atoms with Crippen LogP contribution < -0.4 is 4.74 Å². The number of hydrogen-bond donors (Lipinski definition) is 0. The monoisotopic (exact) mass is 563 g/mol. The molecule has 2 aromatic carbocycles. The molecule has 0 amide bonds. The first-order valence-electron chi connectivity index (χ1n) is 14.0. The van der Waals surface area contributed by atoms with Crippen molar-refractivity contribution >= 4 is 35.5 Å². The number of carbonyl (C=O) groups excluding carboxylic acids is 4. The van der Waals surface area contributed by atoms with Crippen molar-refractivity contribution in [1.82, 2.24) is 0 Å². The van der Waals surface area contributed by atoms with Gasteiger partial charge >= 0.3 is 23.9 Å². The molecule has 0 spiro atoms. The van der Waals surface area contributed by atoms with Crippen LogP contribution in [-0.2, 0) is 42.9 Å². The fourth-order valence-electron chi connectivity index (χ4n) is 3.78. The summed E-state index contributed by atoms with van der Waals surface area (Å²) in [6.45, 7) is -3.96. The largest absolute Gasteiger partial charge is 0.463 e. The van der Waals surface area contributed by atoms with E-state index >= 15 is 0 Å². The number of carbonyl (C=O) groups is 4. The predicted octanol–water partition coefficient (Wildman–Crippen LogP) is 3.34. The van der Waals surface area contributed by atoms with Crippen LogP contribution in [-0.4, -0.2) is 61.2 Å². The lowest BCUT2D eigenvalue weighted by molar-refractivity contribution is -0.288. The highest BCUT2D eigenvalue weighted by molar-refractivity contribution is 6.32. The lowest BCUT2D eigenvalue weighted by Gasteiger charge is -2.44. The highest BCUT2D eigenvalue weighted by Crippen LogP contribution is 2.35. The molecule has 0 radical (unpaired) electrons. The molecule has 0 saturated carbocycles. The molecule has 2 aromatic rings. The number of ether oxygens (including phenoxy) is 6. The molecule has 1 fully saturated rings. The van der Waals surface area contributed by atoms with Gasteiger partial charge in [-0.15, -0.1) is 0 Å². The normalized spacial score (nSPS) is 23.4. The van der Waals surface area contributed by atoms with E-state index in [1.807, 2.05) is 6.07 Å². The van der Waals surface area contributed by atoms with E-state index in [0.717, 1.165) is 5.56 Å². The zero-order valence-corrected chi connectivity index (χ0v) is 21.1. The van der Waals surface area contributed by atoms with Crippen LogP contribution in [0.5, 0.6) is 5.75 Å². The molecule has 0 aromatic heterocycles. The minimum Gasteiger partial charge on any atom is -0.463 e. The number of nitriles is 1. The maximum absolute atomic E-state index is 12.2. The van der Waals surface area contributed by atoms with E-state index < -0.39 is 88.8 Å². The number of rotatable bonds is 8. The minimum atomic E-state index is -1.70. The van der Waals surface area contributed by atoms with E-state index in [1.54, 1.807) is 36.4 Å². The van der Waals surface area contributed by atoms with Gasteiger partial charge in [0.05, 0.1) is 16.7 Å². The summed E-state index contributed by atoms with van der Waals surface area (Å²) in [5, 5.41) is 9.09. The molecule has 12 heteroatoms. The van der Waals surface area contributed by atoms with Gasteiger partial charge < -0.3 is 28.4 Å². The Hall–Kier alpha value is -4.14. The van der Waals surface area contributed by atoms with Crippen LogP contribution in [0.15, 0.2) is 42.5 Å². The maximum Gasteiger partial charge on any atom is 0.303 e. The molecule has 39 heavy (non-hydrogen) atoms. The number of halogens is 1. The fraction of sp³-hybridized carbons (Fsp3) is 0.370. The Kier molecular flexibility index (Phi) is 8.03. The van der Waals surface area contributed by atoms with Gasteiger partial charge in [0, 0.05) is 33.1 Å². The second-order valence-corrected chi connectivity index (χ2v) is 8.45. The van der Waals surface area contributed by atoms with E-state index in [4.69, 9.17) is 50.8 Å². The highest BCUT2D eigenvalue weighted by atomic mass is 35.5. The Labute approximate surface area is 235 Å². The quantitative estimate of drug-likeness (QED) is 0.344. The van der Waals surface area contributed by atoms with Crippen molar-refractivity contribution in [3.63, 3.8) is 0 Å². The Bertz CT molecular complexity index is 1360. The van der Waals surface area contributed by atoms with Crippen molar-refractivity contribution in [2.24, 2.45) is 0 Å². The van der Waals surface area contributed by atoms with Crippen molar-refractivity contribution in [3.05, 3.63) is 53.1 Å². The number of benzene rings is 2. The standard InChI is InChI=1S/C27H26ClNO10/c1-14(30)34-13-23-24(35-15(2)31)25(36-16(3)32)26(37-17(4)33)27(39-23)38-22-10-9-20(11-21(22)28)19-7-5-18(12-29)6-8-19/h5-11,23-27H,13H2,1-4H3/t23-,24-,25+,26+,27?/m1/s1/i1D,2D,3D,4D. The van der Waals surface area contributed by atoms with Gasteiger partial charge in [0.25, 0.3) is 0 Å². The third-order valence-corrected chi connectivity index (χ3v) is 5.62. The second kappa shape index (κ2) is 13.1. The number of hydrogen-bond acceptors (Lipinski definition) is 11. The molecular formula is C27H26ClNO10. The SMILES string of the molecule is [2H]CC(=O)OC[C@H]1OC(Oc2ccc(-c3ccc(C#N)cc3)cc2Cl)[C@@H](OC(=O)C[2H])[C@@H](OC(=O)C[2H])[C@@H]1OC(=O)C[2H]. The van der Waals surface area contributed by atoms with Crippen LogP contribution in [0.3, 0.4) is 0 Å². The molecule has 206 valence electrons. The Balaban J connectivity index is 2.01. The first-order chi connectivity index (χ1) is 20.6. The average molecular weight is 564 g/mol. The van der Waals surface area contributed by atoms with Gasteiger partial charge in [0.1, 0.15) is 18.5 Å². The molecule has 1 aliphatic rings. The molecule has 1 aliphatic heterocycles. The van der Waals surface area contributed by atoms with Gasteiger partial charge in [0.2, 0.25) is 12.4 Å². The topological polar surface area (TPSA) is 147 Å². The molecule has 1 unspecified atom stereocenters. The lowest BCUT2D eigenvalue weighted by atomic mass is 9.98. The summed E-state index contributed by atoms with van der Waals surface area (Å²) in [5.74, 6) is -4.26. The fourth-order valence-corrected chi connectivity index (χ4v) is 4.00. The zero-order chi connectivity index (χ0) is 31.5. The van der Waals surface area contributed by atoms with Gasteiger partial charge in [-0.25, -0.2) is 0 Å². The van der Waals surface area contributed by atoms with Crippen LogP contribution in [0.25, 0.3) is 11.1 Å². The van der Waals surface area contributed by atoms with Crippen LogP contribution >= 0.6 is 11.6 Å². The summed E-state index contributed by atoms with van der Waals surface area (Å²) in [5.41, 5.74) is 1.86. The first kappa shape index (κ1) is 23.9. The summed E-state index contributed by atoms with van der Waals surface area (Å²) in [4.78, 5) is 48.3. The van der Waals surface area contributed by atoms with Crippen LogP contribution in [0.2, 0.25) is 5.02 Å². The number of nitrogens with zero attached hydrogens (tertiary/aromatic N) is 1. The van der Waals surface area contributed by atoms with Crippen molar-refractivity contribution < 1.29 is 53.1 Å². The summed E-state index contributed by atoms with van der Waals surface area (Å²) < 4.78 is 61.9. The van der Waals surface area contributed by atoms with E-state index in [-0.39, 0.29) is 10.8 Å². The average Bonchev–Trinajstić information content (AvgIpc) is 3.02. The third-order valence-electron chi connectivity index (χ3n) is 5.32. The van der Waals surface area contributed by atoms with Gasteiger partial charge in [-0.05, 0) is 35.4 Å². The van der Waals surface area contributed by atoms with Crippen molar-refractivity contribution in [1.29, 1.82) is 5.26 Å². The molecule has 1 heterocycles. The Morgan fingerprint density at radius 1 is 0.872 bits per heavy atom. The van der Waals surface area contributed by atoms with E-state index in [1.165, 1.54) is 6.07 Å². The van der Waals surface area contributed by atoms with Crippen molar-refractivity contribution in [3.8, 4) is 22.9 Å². The smallest absolute Gasteiger partial charge is 0.303 e. The zero-order valence-electron chi connectivity index (χ0n) is 24.4. The van der Waals surface area contributed by atoms with E-state index in [9.17, 15) is 19.2 Å². The summed E-state index contributed by atoms with van der Waals surface area (Å²) in [7, 11) is 0. The highest BCUT2D eigenvalue weighted by Gasteiger charge is 2.53. The molecular weight excluding hydrogens is 534 g/mol. The minimum absolute atomic E-state index is 0.00468. The summed E-state index contributed by atoms with van der Waals surface area (Å²) >= 11 is 6.49. The van der Waals surface area contributed by atoms with E-state index in [2.05, 4.69) is 0 Å². The molecule has 0 N–H and O–H groups in total. The third kappa shape index (κ3) is 7.92. The van der Waals surface area contributed by atoms with Crippen LogP contribution in [0, 0.1) is 11.3 Å². The first-order valence-corrected chi connectivity index (χ1v) is 11.5. The molecule has 11 nitrogen and oxygen atoms in total. The van der Waals surface area contributed by atoms with Gasteiger partial charge in [-0.3, -0.25) is 19.2 Å². The second-order valence-electron chi connectivity index (χ2n) is 8.04. The molecule has 1 saturated heterocycles. The van der Waals surface area contributed by atoms with Crippen molar-refractivity contribution in [2.75, 3.05) is 6.61 Å². The number of esters is 4. The Morgan fingerprint density at radius 2 is 1.46 bits per heavy atom. The molecule has 0 aliphatic carbocycles. The lowest BCUT2D eigenvalue weighted by Crippen LogP contribution is -2.63. The molecule has 5 atom stereocenters. The van der Waals surface area contributed by atoms with Crippen LogP contribution in [0.4, 0.5) is 0 Å².